The van der Waals surface area contributed by atoms with Crippen molar-refractivity contribution in [3.63, 3.8) is 0 Å². The number of hydrogen-bond acceptors (Lipinski definition) is 9. The fourth-order valence-electron chi connectivity index (χ4n) is 3.29. The van der Waals surface area contributed by atoms with Crippen molar-refractivity contribution < 1.29 is 19.3 Å². The summed E-state index contributed by atoms with van der Waals surface area (Å²) in [6.07, 6.45) is 1.49. The molecule has 130 valence electrons. The highest BCUT2D eigenvalue weighted by atomic mass is 32.2. The predicted octanol–water partition coefficient (Wildman–Crippen LogP) is 0.540. The van der Waals surface area contributed by atoms with E-state index >= 15 is 0 Å². The van der Waals surface area contributed by atoms with Crippen LogP contribution in [0.1, 0.15) is 20.1 Å². The Hall–Kier alpha value is -1.46. The Labute approximate surface area is 142 Å². The van der Waals surface area contributed by atoms with Gasteiger partial charge in [0.2, 0.25) is 0 Å². The lowest BCUT2D eigenvalue weighted by molar-refractivity contribution is -0.201. The number of nitrogens with two attached hydrogens (primary N) is 1. The van der Waals surface area contributed by atoms with Gasteiger partial charge in [-0.2, -0.15) is 5.10 Å². The van der Waals surface area contributed by atoms with Gasteiger partial charge in [0.15, 0.2) is 17.7 Å². The van der Waals surface area contributed by atoms with Gasteiger partial charge < -0.3 is 25.1 Å². The number of thioether (sulfide) groups is 1. The van der Waals surface area contributed by atoms with Crippen molar-refractivity contribution in [1.82, 2.24) is 19.7 Å². The molecule has 4 atom stereocenters. The zero-order valence-electron chi connectivity index (χ0n) is 13.5. The number of nitrogens with zero attached hydrogens (tertiary/aromatic N) is 4. The summed E-state index contributed by atoms with van der Waals surface area (Å²) in [6.45, 7) is 3.51. The zero-order valence-corrected chi connectivity index (χ0v) is 14.4. The number of aliphatic hydroxyl groups is 1. The van der Waals surface area contributed by atoms with Gasteiger partial charge in [-0.15, -0.1) is 11.8 Å². The molecule has 0 bridgehead atoms. The number of rotatable bonds is 3. The Kier molecular flexibility index (Phi) is 3.69. The minimum atomic E-state index is -0.746. The SMILES string of the molecule is CSc1nn([C@@H]2O[C@H](CO)[C@H]3OC(C)(C)O[C@H]32)c2ncnc(N)c12. The molecule has 4 heterocycles. The first-order valence-corrected chi connectivity index (χ1v) is 8.82. The minimum absolute atomic E-state index is 0.164. The Balaban J connectivity index is 1.82. The lowest BCUT2D eigenvalue weighted by atomic mass is 10.1. The molecule has 2 saturated heterocycles. The molecule has 2 aliphatic rings. The molecule has 3 N–H and O–H groups in total. The van der Waals surface area contributed by atoms with Crippen molar-refractivity contribution in [3.8, 4) is 0 Å². The first-order chi connectivity index (χ1) is 11.4. The summed E-state index contributed by atoms with van der Waals surface area (Å²) in [5, 5.41) is 15.6. The number of aliphatic hydroxyl groups excluding tert-OH is 1. The molecule has 9 nitrogen and oxygen atoms in total. The van der Waals surface area contributed by atoms with Gasteiger partial charge in [0.1, 0.15) is 35.5 Å². The molecular weight excluding hydrogens is 334 g/mol. The highest BCUT2D eigenvalue weighted by molar-refractivity contribution is 7.98. The Morgan fingerprint density at radius 3 is 2.79 bits per heavy atom. The van der Waals surface area contributed by atoms with Gasteiger partial charge in [-0.25, -0.2) is 14.6 Å². The topological polar surface area (TPSA) is 118 Å². The van der Waals surface area contributed by atoms with E-state index in [0.29, 0.717) is 21.9 Å². The van der Waals surface area contributed by atoms with Crippen LogP contribution in [0, 0.1) is 0 Å². The van der Waals surface area contributed by atoms with Gasteiger partial charge in [-0.1, -0.05) is 0 Å². The van der Waals surface area contributed by atoms with Crippen LogP contribution in [-0.4, -0.2) is 61.8 Å². The summed E-state index contributed by atoms with van der Waals surface area (Å²) in [6, 6.07) is 0. The standard InChI is InChI=1S/C14H19N5O4S/c1-14(2)22-8-6(4-20)21-13(9(8)23-14)19-11-7(12(18-19)24-3)10(15)16-5-17-11/h5-6,8-9,13,20H,4H2,1-3H3,(H2,15,16,17)/t6-,8-,9-,13-/m1/s1. The first kappa shape index (κ1) is 16.0. The Morgan fingerprint density at radius 1 is 1.33 bits per heavy atom. The maximum absolute atomic E-state index is 9.62. The normalized spacial score (nSPS) is 31.7. The van der Waals surface area contributed by atoms with Crippen LogP contribution in [0.15, 0.2) is 11.4 Å². The second-order valence-electron chi connectivity index (χ2n) is 6.22. The van der Waals surface area contributed by atoms with E-state index in [0.717, 1.165) is 0 Å². The highest BCUT2D eigenvalue weighted by Crippen LogP contribution is 2.44. The molecule has 0 amide bonds. The third-order valence-corrected chi connectivity index (χ3v) is 4.90. The van der Waals surface area contributed by atoms with Crippen LogP contribution in [0.2, 0.25) is 0 Å². The first-order valence-electron chi connectivity index (χ1n) is 7.60. The van der Waals surface area contributed by atoms with Crippen LogP contribution in [0.4, 0.5) is 5.82 Å². The number of aromatic nitrogens is 4. The average molecular weight is 353 g/mol. The largest absolute Gasteiger partial charge is 0.394 e. The summed E-state index contributed by atoms with van der Waals surface area (Å²) in [5.41, 5.74) is 6.57. The van der Waals surface area contributed by atoms with E-state index in [1.807, 2.05) is 20.1 Å². The van der Waals surface area contributed by atoms with Gasteiger partial charge >= 0.3 is 0 Å². The van der Waals surface area contributed by atoms with Gasteiger partial charge in [-0.05, 0) is 20.1 Å². The van der Waals surface area contributed by atoms with E-state index in [1.54, 1.807) is 4.68 Å². The van der Waals surface area contributed by atoms with Crippen molar-refractivity contribution in [1.29, 1.82) is 0 Å². The molecule has 0 aliphatic carbocycles. The van der Waals surface area contributed by atoms with Crippen molar-refractivity contribution in [3.05, 3.63) is 6.33 Å². The van der Waals surface area contributed by atoms with Crippen LogP contribution in [-0.2, 0) is 14.2 Å². The van der Waals surface area contributed by atoms with E-state index in [9.17, 15) is 5.11 Å². The fourth-order valence-corrected chi connectivity index (χ4v) is 3.86. The van der Waals surface area contributed by atoms with Crippen LogP contribution >= 0.6 is 11.8 Å². The molecule has 0 spiro atoms. The summed E-state index contributed by atoms with van der Waals surface area (Å²) in [7, 11) is 0. The Morgan fingerprint density at radius 2 is 2.08 bits per heavy atom. The second-order valence-corrected chi connectivity index (χ2v) is 7.02. The zero-order chi connectivity index (χ0) is 17.1. The van der Waals surface area contributed by atoms with Crippen molar-refractivity contribution in [2.75, 3.05) is 18.6 Å². The lowest BCUT2D eigenvalue weighted by Crippen LogP contribution is -2.31. The van der Waals surface area contributed by atoms with E-state index in [4.69, 9.17) is 19.9 Å². The summed E-state index contributed by atoms with van der Waals surface area (Å²) in [4.78, 5) is 8.35. The molecule has 2 fully saturated rings. The summed E-state index contributed by atoms with van der Waals surface area (Å²) >= 11 is 1.45. The smallest absolute Gasteiger partial charge is 0.181 e. The quantitative estimate of drug-likeness (QED) is 0.762. The summed E-state index contributed by atoms with van der Waals surface area (Å²) in [5.74, 6) is -0.378. The molecule has 0 unspecified atom stereocenters. The number of nitrogen functional groups attached to an aromatic ring is 1. The van der Waals surface area contributed by atoms with Crippen LogP contribution in [0.25, 0.3) is 11.0 Å². The third kappa shape index (κ3) is 2.29. The third-order valence-electron chi connectivity index (χ3n) is 4.23. The van der Waals surface area contributed by atoms with Crippen molar-refractivity contribution >= 4 is 28.6 Å². The molecule has 0 saturated carbocycles. The van der Waals surface area contributed by atoms with E-state index in [1.165, 1.54) is 18.1 Å². The molecule has 2 aliphatic heterocycles. The van der Waals surface area contributed by atoms with Gasteiger partial charge in [0.05, 0.1) is 12.0 Å². The van der Waals surface area contributed by atoms with E-state index < -0.39 is 24.2 Å². The Bertz CT molecular complexity index is 782. The summed E-state index contributed by atoms with van der Waals surface area (Å²) < 4.78 is 19.5. The monoisotopic (exact) mass is 353 g/mol. The van der Waals surface area contributed by atoms with Crippen molar-refractivity contribution in [2.24, 2.45) is 0 Å². The van der Waals surface area contributed by atoms with E-state index in [2.05, 4.69) is 15.1 Å². The number of hydrogen-bond donors (Lipinski definition) is 2. The highest BCUT2D eigenvalue weighted by Gasteiger charge is 2.56. The lowest BCUT2D eigenvalue weighted by Gasteiger charge is -2.23. The molecule has 10 heteroatoms. The molecular formula is C14H19N5O4S. The molecule has 2 aromatic rings. The fraction of sp³-hybridized carbons (Fsp3) is 0.643. The number of anilines is 1. The molecule has 2 aromatic heterocycles. The molecule has 0 aromatic carbocycles. The van der Waals surface area contributed by atoms with Gasteiger partial charge in [-0.3, -0.25) is 0 Å². The van der Waals surface area contributed by atoms with Crippen LogP contribution in [0.3, 0.4) is 0 Å². The van der Waals surface area contributed by atoms with Crippen molar-refractivity contribution in [2.45, 2.75) is 49.2 Å². The second kappa shape index (κ2) is 5.53. The predicted molar refractivity (Wildman–Crippen MR) is 86.3 cm³/mol. The van der Waals surface area contributed by atoms with Crippen LogP contribution in [0.5, 0.6) is 0 Å². The van der Waals surface area contributed by atoms with Gasteiger partial charge in [0.25, 0.3) is 0 Å². The number of fused-ring (bicyclic) bond motifs is 2. The molecule has 24 heavy (non-hydrogen) atoms. The van der Waals surface area contributed by atoms with E-state index in [-0.39, 0.29) is 12.7 Å². The number of ether oxygens (including phenoxy) is 3. The van der Waals surface area contributed by atoms with Crippen LogP contribution < -0.4 is 5.73 Å². The molecule has 0 radical (unpaired) electrons. The average Bonchev–Trinajstić information content (AvgIpc) is 3.16. The minimum Gasteiger partial charge on any atom is -0.394 e. The van der Waals surface area contributed by atoms with Gasteiger partial charge in [0, 0.05) is 0 Å². The maximum atomic E-state index is 9.62. The molecule has 4 rings (SSSR count). The maximum Gasteiger partial charge on any atom is 0.181 e.